The molecule has 0 amide bonds. The predicted octanol–water partition coefficient (Wildman–Crippen LogP) is 3.00. The summed E-state index contributed by atoms with van der Waals surface area (Å²) in [6.07, 6.45) is 9.60. The van der Waals surface area contributed by atoms with E-state index in [0.29, 0.717) is 18.2 Å². The highest BCUT2D eigenvalue weighted by Crippen LogP contribution is 2.21. The molecular formula is C14H20N2O2. The Morgan fingerprint density at radius 1 is 1.39 bits per heavy atom. The summed E-state index contributed by atoms with van der Waals surface area (Å²) in [5.41, 5.74) is 1.42. The minimum Gasteiger partial charge on any atom is -0.462 e. The molecule has 0 radical (unpaired) electrons. The molecule has 0 unspecified atom stereocenters. The van der Waals surface area contributed by atoms with Gasteiger partial charge in [-0.3, -0.25) is 4.98 Å². The summed E-state index contributed by atoms with van der Waals surface area (Å²) in [7, 11) is 0. The van der Waals surface area contributed by atoms with Crippen LogP contribution in [-0.2, 0) is 4.74 Å². The number of hydrogen-bond acceptors (Lipinski definition) is 4. The van der Waals surface area contributed by atoms with E-state index in [1.165, 1.54) is 32.1 Å². The number of carbonyl (C=O) groups is 1. The molecule has 98 valence electrons. The number of nitrogens with zero attached hydrogens (tertiary/aromatic N) is 1. The molecule has 1 N–H and O–H groups in total. The average molecular weight is 248 g/mol. The van der Waals surface area contributed by atoms with Crippen molar-refractivity contribution in [2.75, 3.05) is 11.9 Å². The first kappa shape index (κ1) is 12.9. The molecule has 1 aliphatic carbocycles. The Balaban J connectivity index is 2.00. The van der Waals surface area contributed by atoms with Gasteiger partial charge in [0, 0.05) is 18.4 Å². The zero-order valence-corrected chi connectivity index (χ0v) is 10.8. The molecule has 2 rings (SSSR count). The van der Waals surface area contributed by atoms with Crippen LogP contribution in [0.5, 0.6) is 0 Å². The van der Waals surface area contributed by atoms with E-state index in [-0.39, 0.29) is 5.97 Å². The number of esters is 1. The van der Waals surface area contributed by atoms with Gasteiger partial charge in [0.25, 0.3) is 0 Å². The molecule has 1 aromatic rings. The van der Waals surface area contributed by atoms with Gasteiger partial charge in [0.05, 0.1) is 17.9 Å². The third-order valence-corrected chi connectivity index (χ3v) is 3.23. The van der Waals surface area contributed by atoms with Gasteiger partial charge >= 0.3 is 5.97 Å². The summed E-state index contributed by atoms with van der Waals surface area (Å²) in [6, 6.07) is 2.33. The van der Waals surface area contributed by atoms with Crippen molar-refractivity contribution in [2.24, 2.45) is 0 Å². The van der Waals surface area contributed by atoms with Gasteiger partial charge in [0.2, 0.25) is 0 Å². The van der Waals surface area contributed by atoms with E-state index in [1.54, 1.807) is 19.3 Å². The van der Waals surface area contributed by atoms with E-state index in [9.17, 15) is 4.79 Å². The molecule has 18 heavy (non-hydrogen) atoms. The van der Waals surface area contributed by atoms with E-state index in [4.69, 9.17) is 4.74 Å². The number of rotatable bonds is 4. The van der Waals surface area contributed by atoms with Gasteiger partial charge in [-0.2, -0.15) is 0 Å². The number of hydrogen-bond donors (Lipinski definition) is 1. The zero-order valence-electron chi connectivity index (χ0n) is 10.8. The predicted molar refractivity (Wildman–Crippen MR) is 70.7 cm³/mol. The molecule has 1 heterocycles. The quantitative estimate of drug-likeness (QED) is 0.832. The van der Waals surface area contributed by atoms with Crippen LogP contribution in [0, 0.1) is 0 Å². The molecule has 1 aliphatic rings. The van der Waals surface area contributed by atoms with Crippen LogP contribution < -0.4 is 5.32 Å². The summed E-state index contributed by atoms with van der Waals surface area (Å²) in [6.45, 7) is 2.19. The maximum Gasteiger partial charge on any atom is 0.339 e. The Hall–Kier alpha value is -1.58. The lowest BCUT2D eigenvalue weighted by Crippen LogP contribution is -2.22. The van der Waals surface area contributed by atoms with E-state index < -0.39 is 0 Å². The fourth-order valence-corrected chi connectivity index (χ4v) is 2.33. The van der Waals surface area contributed by atoms with Gasteiger partial charge in [-0.1, -0.05) is 19.3 Å². The molecule has 1 aromatic heterocycles. The van der Waals surface area contributed by atoms with Crippen LogP contribution in [0.2, 0.25) is 0 Å². The van der Waals surface area contributed by atoms with Crippen LogP contribution in [0.3, 0.4) is 0 Å². The molecule has 1 saturated carbocycles. The third-order valence-electron chi connectivity index (χ3n) is 3.23. The number of carbonyl (C=O) groups excluding carboxylic acids is 1. The second-order valence-corrected chi connectivity index (χ2v) is 4.66. The number of aromatic nitrogens is 1. The van der Waals surface area contributed by atoms with Gasteiger partial charge in [-0.05, 0) is 25.8 Å². The van der Waals surface area contributed by atoms with Crippen molar-refractivity contribution in [3.8, 4) is 0 Å². The summed E-state index contributed by atoms with van der Waals surface area (Å²) in [5.74, 6) is -0.308. The fraction of sp³-hybridized carbons (Fsp3) is 0.571. The molecule has 0 aromatic carbocycles. The Labute approximate surface area is 108 Å². The standard InChI is InChI=1S/C14H20N2O2/c1-2-18-14(17)11-8-13(10-15-9-11)16-12-6-4-3-5-7-12/h8-10,12,16H,2-7H2,1H3. The lowest BCUT2D eigenvalue weighted by molar-refractivity contribution is 0.0526. The molecule has 0 atom stereocenters. The van der Waals surface area contributed by atoms with E-state index in [0.717, 1.165) is 5.69 Å². The Kier molecular flexibility index (Phi) is 4.56. The summed E-state index contributed by atoms with van der Waals surface area (Å²) < 4.78 is 4.97. The molecule has 1 fully saturated rings. The van der Waals surface area contributed by atoms with Crippen LogP contribution in [0.15, 0.2) is 18.5 Å². The number of anilines is 1. The Bertz CT molecular complexity index is 401. The minimum absolute atomic E-state index is 0.308. The van der Waals surface area contributed by atoms with Crippen molar-refractivity contribution >= 4 is 11.7 Å². The highest BCUT2D eigenvalue weighted by molar-refractivity contribution is 5.90. The largest absolute Gasteiger partial charge is 0.462 e. The lowest BCUT2D eigenvalue weighted by Gasteiger charge is -2.23. The van der Waals surface area contributed by atoms with Gasteiger partial charge < -0.3 is 10.1 Å². The van der Waals surface area contributed by atoms with Crippen LogP contribution in [0.4, 0.5) is 5.69 Å². The average Bonchev–Trinajstić information content (AvgIpc) is 2.40. The van der Waals surface area contributed by atoms with Gasteiger partial charge in [0.15, 0.2) is 0 Å². The highest BCUT2D eigenvalue weighted by Gasteiger charge is 2.14. The summed E-state index contributed by atoms with van der Waals surface area (Å²) in [5, 5.41) is 3.45. The molecule has 4 heteroatoms. The van der Waals surface area contributed by atoms with Crippen molar-refractivity contribution < 1.29 is 9.53 Å². The topological polar surface area (TPSA) is 51.2 Å². The molecule has 0 aliphatic heterocycles. The number of ether oxygens (including phenoxy) is 1. The van der Waals surface area contributed by atoms with Crippen LogP contribution in [-0.4, -0.2) is 23.6 Å². The first-order chi connectivity index (χ1) is 8.79. The number of pyridine rings is 1. The van der Waals surface area contributed by atoms with Crippen molar-refractivity contribution in [3.05, 3.63) is 24.0 Å². The van der Waals surface area contributed by atoms with Crippen LogP contribution in [0.25, 0.3) is 0 Å². The number of nitrogens with one attached hydrogen (secondary N) is 1. The van der Waals surface area contributed by atoms with Crippen LogP contribution in [0.1, 0.15) is 49.4 Å². The molecule has 0 spiro atoms. The van der Waals surface area contributed by atoms with Gasteiger partial charge in [0.1, 0.15) is 0 Å². The van der Waals surface area contributed by atoms with Gasteiger partial charge in [-0.15, -0.1) is 0 Å². The second kappa shape index (κ2) is 6.38. The maximum absolute atomic E-state index is 11.6. The first-order valence-corrected chi connectivity index (χ1v) is 6.68. The zero-order chi connectivity index (χ0) is 12.8. The first-order valence-electron chi connectivity index (χ1n) is 6.68. The molecule has 0 bridgehead atoms. The Morgan fingerprint density at radius 2 is 2.17 bits per heavy atom. The second-order valence-electron chi connectivity index (χ2n) is 4.66. The molecule has 0 saturated heterocycles. The van der Waals surface area contributed by atoms with Crippen molar-refractivity contribution in [1.82, 2.24) is 4.98 Å². The summed E-state index contributed by atoms with van der Waals surface area (Å²) in [4.78, 5) is 15.7. The maximum atomic E-state index is 11.6. The monoisotopic (exact) mass is 248 g/mol. The Morgan fingerprint density at radius 3 is 2.89 bits per heavy atom. The normalized spacial score (nSPS) is 16.3. The van der Waals surface area contributed by atoms with Crippen molar-refractivity contribution in [2.45, 2.75) is 45.1 Å². The molecular weight excluding hydrogens is 228 g/mol. The van der Waals surface area contributed by atoms with E-state index >= 15 is 0 Å². The molecule has 4 nitrogen and oxygen atoms in total. The third kappa shape index (κ3) is 3.45. The summed E-state index contributed by atoms with van der Waals surface area (Å²) >= 11 is 0. The fourth-order valence-electron chi connectivity index (χ4n) is 2.33. The SMILES string of the molecule is CCOC(=O)c1cncc(NC2CCCCC2)c1. The highest BCUT2D eigenvalue weighted by atomic mass is 16.5. The smallest absolute Gasteiger partial charge is 0.339 e. The van der Waals surface area contributed by atoms with E-state index in [2.05, 4.69) is 10.3 Å². The minimum atomic E-state index is -0.308. The van der Waals surface area contributed by atoms with Crippen molar-refractivity contribution in [1.29, 1.82) is 0 Å². The van der Waals surface area contributed by atoms with Crippen LogP contribution >= 0.6 is 0 Å². The van der Waals surface area contributed by atoms with E-state index in [1.807, 2.05) is 6.07 Å². The van der Waals surface area contributed by atoms with Gasteiger partial charge in [-0.25, -0.2) is 4.79 Å². The van der Waals surface area contributed by atoms with Crippen molar-refractivity contribution in [3.63, 3.8) is 0 Å². The lowest BCUT2D eigenvalue weighted by atomic mass is 9.95.